The highest BCUT2D eigenvalue weighted by atomic mass is 35.5. The number of carboxylic acid groups (broad SMARTS) is 1. The van der Waals surface area contributed by atoms with Crippen molar-refractivity contribution in [3.8, 4) is 0 Å². The van der Waals surface area contributed by atoms with E-state index >= 15 is 0 Å². The fraction of sp³-hybridized carbons (Fsp3) is 0.545. The first-order valence-corrected chi connectivity index (χ1v) is 12.9. The van der Waals surface area contributed by atoms with Gasteiger partial charge in [-0.25, -0.2) is 4.79 Å². The number of aliphatic carboxylic acids is 1. The molecule has 0 heterocycles. The summed E-state index contributed by atoms with van der Waals surface area (Å²) < 4.78 is 6.15. The van der Waals surface area contributed by atoms with Gasteiger partial charge in [-0.1, -0.05) is 63.6 Å². The topological polar surface area (TPSA) is 58.9 Å². The zero-order valence-corrected chi connectivity index (χ0v) is 19.9. The number of halogens is 1. The lowest BCUT2D eigenvalue weighted by atomic mass is 9.87. The molecule has 0 aliphatic rings. The summed E-state index contributed by atoms with van der Waals surface area (Å²) in [6.45, 7) is 15.3. The van der Waals surface area contributed by atoms with Gasteiger partial charge in [0.2, 0.25) is 0 Å². The van der Waals surface area contributed by atoms with Crippen molar-refractivity contribution in [2.45, 2.75) is 64.7 Å². The molecule has 2 atom stereocenters. The van der Waals surface area contributed by atoms with Crippen LogP contribution in [0.2, 0.25) is 23.2 Å². The van der Waals surface area contributed by atoms with Crippen LogP contribution in [0, 0.1) is 5.92 Å². The highest BCUT2D eigenvalue weighted by molar-refractivity contribution is 6.74. The summed E-state index contributed by atoms with van der Waals surface area (Å²) in [5.74, 6) is -1.21. The van der Waals surface area contributed by atoms with E-state index in [1.54, 1.807) is 25.3 Å². The van der Waals surface area contributed by atoms with Crippen LogP contribution < -0.4 is 0 Å². The largest absolute Gasteiger partial charge is 0.479 e. The lowest BCUT2D eigenvalue weighted by Crippen LogP contribution is -2.41. The molecule has 1 rings (SSSR count). The van der Waals surface area contributed by atoms with E-state index in [1.165, 1.54) is 0 Å². The van der Waals surface area contributed by atoms with Gasteiger partial charge < -0.3 is 9.53 Å². The molecule has 1 aromatic carbocycles. The average Bonchev–Trinajstić information content (AvgIpc) is 2.59. The number of benzene rings is 1. The molecule has 0 bridgehead atoms. The predicted molar refractivity (Wildman–Crippen MR) is 121 cm³/mol. The maximum absolute atomic E-state index is 11.9. The van der Waals surface area contributed by atoms with E-state index in [2.05, 4.69) is 38.9 Å². The van der Waals surface area contributed by atoms with Crippen molar-refractivity contribution in [2.75, 3.05) is 6.61 Å². The minimum absolute atomic E-state index is 0.183. The van der Waals surface area contributed by atoms with Crippen LogP contribution in [-0.4, -0.2) is 37.8 Å². The van der Waals surface area contributed by atoms with Crippen LogP contribution in [-0.2, 0) is 9.22 Å². The first kappa shape index (κ1) is 24.6. The first-order chi connectivity index (χ1) is 12.8. The molecule has 0 fully saturated rings. The monoisotopic (exact) mass is 423 g/mol. The van der Waals surface area contributed by atoms with E-state index in [-0.39, 0.29) is 11.0 Å². The van der Waals surface area contributed by atoms with Gasteiger partial charge in [0.25, 0.3) is 0 Å². The number of aliphatic imine (C=N–C) groups is 1. The molecule has 0 amide bonds. The van der Waals surface area contributed by atoms with Gasteiger partial charge in [0.05, 0.1) is 0 Å². The quantitative estimate of drug-likeness (QED) is 0.222. The van der Waals surface area contributed by atoms with Crippen molar-refractivity contribution in [1.82, 2.24) is 0 Å². The Hall–Kier alpha value is -1.43. The van der Waals surface area contributed by atoms with Crippen LogP contribution in [0.5, 0.6) is 0 Å². The molecule has 1 N–H and O–H groups in total. The number of nitrogens with zero attached hydrogens (tertiary/aromatic N) is 1. The van der Waals surface area contributed by atoms with E-state index in [0.717, 1.165) is 12.0 Å². The number of hydrogen-bond acceptors (Lipinski definition) is 3. The third-order valence-corrected chi connectivity index (χ3v) is 10.4. The second-order valence-corrected chi connectivity index (χ2v) is 14.1. The summed E-state index contributed by atoms with van der Waals surface area (Å²) in [7, 11) is -1.75. The maximum atomic E-state index is 11.9. The molecule has 0 saturated carbocycles. The van der Waals surface area contributed by atoms with Gasteiger partial charge in [-0.2, -0.15) is 0 Å². The molecule has 1 aromatic rings. The number of carbonyl (C=O) groups is 1. The van der Waals surface area contributed by atoms with Crippen molar-refractivity contribution < 1.29 is 14.3 Å². The summed E-state index contributed by atoms with van der Waals surface area (Å²) in [5, 5.41) is 10.6. The summed E-state index contributed by atoms with van der Waals surface area (Å²) >= 11 is 5.88. The summed E-state index contributed by atoms with van der Waals surface area (Å²) in [6.07, 6.45) is 6.27. The van der Waals surface area contributed by atoms with E-state index in [1.807, 2.05) is 31.2 Å². The fourth-order valence-corrected chi connectivity index (χ4v) is 3.40. The molecule has 0 aromatic heterocycles. The van der Waals surface area contributed by atoms with E-state index in [4.69, 9.17) is 16.0 Å². The fourth-order valence-electron chi connectivity index (χ4n) is 2.21. The van der Waals surface area contributed by atoms with Crippen LogP contribution in [0.4, 0.5) is 0 Å². The van der Waals surface area contributed by atoms with E-state index in [9.17, 15) is 9.90 Å². The molecular weight excluding hydrogens is 390 g/mol. The van der Waals surface area contributed by atoms with E-state index < -0.39 is 19.8 Å². The number of carboxylic acids is 1. The second kappa shape index (κ2) is 9.86. The van der Waals surface area contributed by atoms with Gasteiger partial charge in [-0.15, -0.1) is 0 Å². The average molecular weight is 424 g/mol. The third-order valence-electron chi connectivity index (χ3n) is 5.65. The number of hydrogen-bond donors (Lipinski definition) is 1. The molecule has 0 saturated heterocycles. The van der Waals surface area contributed by atoms with Gasteiger partial charge in [0, 0.05) is 23.8 Å². The van der Waals surface area contributed by atoms with Crippen molar-refractivity contribution in [3.05, 3.63) is 47.0 Å². The molecule has 0 radical (unpaired) electrons. The molecular formula is C22H34ClNO3Si. The van der Waals surface area contributed by atoms with Gasteiger partial charge in [-0.05, 0) is 49.2 Å². The van der Waals surface area contributed by atoms with Gasteiger partial charge >= 0.3 is 5.97 Å². The van der Waals surface area contributed by atoms with Crippen LogP contribution in [0.3, 0.4) is 0 Å². The van der Waals surface area contributed by atoms with Crippen LogP contribution in [0.1, 0.15) is 46.6 Å². The molecule has 28 heavy (non-hydrogen) atoms. The van der Waals surface area contributed by atoms with Crippen molar-refractivity contribution in [2.24, 2.45) is 10.9 Å². The van der Waals surface area contributed by atoms with Gasteiger partial charge in [0.1, 0.15) is 0 Å². The van der Waals surface area contributed by atoms with Crippen molar-refractivity contribution >= 4 is 32.1 Å². The Bertz CT molecular complexity index is 707. The normalized spacial score (nSPS) is 16.4. The molecule has 0 aliphatic heterocycles. The number of rotatable bonds is 9. The Morgan fingerprint density at radius 3 is 2.32 bits per heavy atom. The molecule has 0 aliphatic carbocycles. The Labute approximate surface area is 175 Å². The zero-order valence-electron chi connectivity index (χ0n) is 18.1. The lowest BCUT2D eigenvalue weighted by molar-refractivity contribution is -0.143. The molecule has 4 nitrogen and oxygen atoms in total. The maximum Gasteiger partial charge on any atom is 0.331 e. The summed E-state index contributed by atoms with van der Waals surface area (Å²) in [6, 6.07) is 7.14. The highest BCUT2D eigenvalue weighted by Gasteiger charge is 2.38. The Morgan fingerprint density at radius 2 is 1.82 bits per heavy atom. The van der Waals surface area contributed by atoms with Gasteiger partial charge in [0.15, 0.2) is 13.9 Å². The Balaban J connectivity index is 2.73. The Kier molecular flexibility index (Phi) is 8.66. The van der Waals surface area contributed by atoms with Crippen LogP contribution >= 0.6 is 11.6 Å². The molecule has 0 spiro atoms. The zero-order chi connectivity index (χ0) is 21.6. The predicted octanol–water partition coefficient (Wildman–Crippen LogP) is 6.21. The van der Waals surface area contributed by atoms with Crippen molar-refractivity contribution in [3.63, 3.8) is 0 Å². The minimum atomic E-state index is -1.75. The lowest BCUT2D eigenvalue weighted by Gasteiger charge is -2.36. The summed E-state index contributed by atoms with van der Waals surface area (Å²) in [4.78, 5) is 16.3. The van der Waals surface area contributed by atoms with Crippen LogP contribution in [0.15, 0.2) is 41.4 Å². The molecule has 2 unspecified atom stereocenters. The highest BCUT2D eigenvalue weighted by Crippen LogP contribution is 2.36. The molecule has 6 heteroatoms. The Morgan fingerprint density at radius 1 is 1.25 bits per heavy atom. The minimum Gasteiger partial charge on any atom is -0.479 e. The van der Waals surface area contributed by atoms with Crippen molar-refractivity contribution in [1.29, 1.82) is 0 Å². The standard InChI is InChI=1S/C22H34ClNO3Si/c1-17(10-8-9-15-27-28(6,7)21(2,3)4)22(5,20(25)26)24-16-18-11-13-19(23)14-12-18/h8,10-14,16-17H,9,15H2,1-7H3,(H,25,26). The van der Waals surface area contributed by atoms with E-state index in [0.29, 0.717) is 11.6 Å². The summed E-state index contributed by atoms with van der Waals surface area (Å²) in [5.41, 5.74) is -0.424. The van der Waals surface area contributed by atoms with Crippen LogP contribution in [0.25, 0.3) is 0 Å². The smallest absolute Gasteiger partial charge is 0.331 e. The SMILES string of the molecule is CC(C=CCCO[Si](C)(C)C(C)(C)C)C(C)(N=Cc1ccc(Cl)cc1)C(=O)O. The third kappa shape index (κ3) is 6.87. The molecule has 156 valence electrons. The first-order valence-electron chi connectivity index (χ1n) is 9.64. The second-order valence-electron chi connectivity index (χ2n) is 8.88. The van der Waals surface area contributed by atoms with Gasteiger partial charge in [-0.3, -0.25) is 4.99 Å².